The fraction of sp³-hybridized carbons (Fsp3) is 0. The SMILES string of the molecule is c1ccc(-c2ccc(N(c3ccc(-c4cc5nc(-c6ccccc6)oc5c5c4sc4ccccc45)cc3)c3ccccc3-c3ccccc3)cc2)cc1. The minimum atomic E-state index is 0.635. The summed E-state index contributed by atoms with van der Waals surface area (Å²) in [6, 6.07) is 68.6. The van der Waals surface area contributed by atoms with Crippen LogP contribution in [0.15, 0.2) is 199 Å². The van der Waals surface area contributed by atoms with Gasteiger partial charge in [-0.2, -0.15) is 0 Å². The van der Waals surface area contributed by atoms with Gasteiger partial charge in [-0.25, -0.2) is 4.98 Å². The topological polar surface area (TPSA) is 29.3 Å². The van der Waals surface area contributed by atoms with Crippen molar-refractivity contribution in [3.63, 3.8) is 0 Å². The van der Waals surface area contributed by atoms with Gasteiger partial charge in [0.1, 0.15) is 5.52 Å². The molecule has 0 saturated carbocycles. The normalized spacial score (nSPS) is 11.4. The summed E-state index contributed by atoms with van der Waals surface area (Å²) in [5.74, 6) is 0.635. The Kier molecular flexibility index (Phi) is 7.67. The van der Waals surface area contributed by atoms with E-state index in [4.69, 9.17) is 9.40 Å². The smallest absolute Gasteiger partial charge is 0.227 e. The number of thiophene rings is 1. The Balaban J connectivity index is 1.12. The van der Waals surface area contributed by atoms with Crippen molar-refractivity contribution >= 4 is 59.7 Å². The van der Waals surface area contributed by atoms with Crippen molar-refractivity contribution in [2.45, 2.75) is 0 Å². The molecule has 0 unspecified atom stereocenters. The summed E-state index contributed by atoms with van der Waals surface area (Å²) in [4.78, 5) is 7.39. The number of anilines is 3. The van der Waals surface area contributed by atoms with E-state index in [0.29, 0.717) is 5.89 Å². The molecule has 3 nitrogen and oxygen atoms in total. The third-order valence-electron chi connectivity index (χ3n) is 9.92. The first-order valence-electron chi connectivity index (χ1n) is 17.8. The van der Waals surface area contributed by atoms with Crippen LogP contribution in [0, 0.1) is 0 Å². The summed E-state index contributed by atoms with van der Waals surface area (Å²) in [6.07, 6.45) is 0. The average molecular weight is 697 g/mol. The second-order valence-corrected chi connectivity index (χ2v) is 14.2. The maximum Gasteiger partial charge on any atom is 0.227 e. The van der Waals surface area contributed by atoms with E-state index in [-0.39, 0.29) is 0 Å². The quantitative estimate of drug-likeness (QED) is 0.166. The molecule has 8 aromatic carbocycles. The Bertz CT molecular complexity index is 2860. The number of rotatable bonds is 7. The van der Waals surface area contributed by atoms with E-state index in [1.165, 1.54) is 37.0 Å². The molecule has 0 aliphatic heterocycles. The summed E-state index contributed by atoms with van der Waals surface area (Å²) in [7, 11) is 0. The largest absolute Gasteiger partial charge is 0.435 e. The van der Waals surface area contributed by atoms with Gasteiger partial charge in [0.2, 0.25) is 5.89 Å². The van der Waals surface area contributed by atoms with Crippen LogP contribution in [0.5, 0.6) is 0 Å². The molecule has 0 spiro atoms. The van der Waals surface area contributed by atoms with Crippen molar-refractivity contribution in [1.82, 2.24) is 4.98 Å². The summed E-state index contributed by atoms with van der Waals surface area (Å²) in [6.45, 7) is 0. The highest BCUT2D eigenvalue weighted by molar-refractivity contribution is 7.26. The number of fused-ring (bicyclic) bond motifs is 5. The summed E-state index contributed by atoms with van der Waals surface area (Å²) >= 11 is 1.81. The van der Waals surface area contributed by atoms with Gasteiger partial charge < -0.3 is 9.32 Å². The molecule has 2 aromatic heterocycles. The Morgan fingerprint density at radius 2 is 0.981 bits per heavy atom. The molecule has 10 rings (SSSR count). The van der Waals surface area contributed by atoms with Gasteiger partial charge in [-0.1, -0.05) is 140 Å². The molecule has 0 radical (unpaired) electrons. The van der Waals surface area contributed by atoms with Gasteiger partial charge in [0.05, 0.1) is 5.69 Å². The van der Waals surface area contributed by atoms with E-state index in [1.54, 1.807) is 0 Å². The summed E-state index contributed by atoms with van der Waals surface area (Å²) in [5, 5.41) is 2.31. The monoisotopic (exact) mass is 696 g/mol. The minimum absolute atomic E-state index is 0.635. The number of aromatic nitrogens is 1. The van der Waals surface area contributed by atoms with E-state index in [0.717, 1.165) is 50.2 Å². The van der Waals surface area contributed by atoms with Gasteiger partial charge in [-0.05, 0) is 76.9 Å². The molecule has 0 amide bonds. The molecule has 0 fully saturated rings. The molecule has 10 aromatic rings. The van der Waals surface area contributed by atoms with E-state index in [2.05, 4.69) is 169 Å². The van der Waals surface area contributed by atoms with E-state index >= 15 is 0 Å². The number of oxazole rings is 1. The fourth-order valence-electron chi connectivity index (χ4n) is 7.37. The first-order valence-corrected chi connectivity index (χ1v) is 18.6. The van der Waals surface area contributed by atoms with Crippen LogP contribution in [0.2, 0.25) is 0 Å². The van der Waals surface area contributed by atoms with Gasteiger partial charge in [0.25, 0.3) is 0 Å². The zero-order valence-electron chi connectivity index (χ0n) is 28.7. The van der Waals surface area contributed by atoms with Gasteiger partial charge in [-0.3, -0.25) is 0 Å². The van der Waals surface area contributed by atoms with Crippen LogP contribution in [0.4, 0.5) is 17.1 Å². The lowest BCUT2D eigenvalue weighted by Crippen LogP contribution is -2.11. The van der Waals surface area contributed by atoms with Crippen LogP contribution in [-0.2, 0) is 0 Å². The predicted molar refractivity (Wildman–Crippen MR) is 223 cm³/mol. The first-order chi connectivity index (χ1) is 26.3. The molecule has 2 heterocycles. The van der Waals surface area contributed by atoms with Crippen LogP contribution in [0.3, 0.4) is 0 Å². The number of hydrogen-bond acceptors (Lipinski definition) is 4. The van der Waals surface area contributed by atoms with E-state index in [9.17, 15) is 0 Å². The average Bonchev–Trinajstić information content (AvgIpc) is 3.85. The molecule has 0 N–H and O–H groups in total. The Morgan fingerprint density at radius 3 is 1.68 bits per heavy atom. The van der Waals surface area contributed by atoms with Crippen LogP contribution >= 0.6 is 11.3 Å². The fourth-order valence-corrected chi connectivity index (χ4v) is 8.61. The molecule has 250 valence electrons. The Hall–Kier alpha value is -6.75. The maximum atomic E-state index is 6.55. The second-order valence-electron chi connectivity index (χ2n) is 13.1. The zero-order valence-corrected chi connectivity index (χ0v) is 29.5. The lowest BCUT2D eigenvalue weighted by atomic mass is 9.99. The molecule has 0 bridgehead atoms. The molecule has 0 saturated heterocycles. The number of nitrogens with zero attached hydrogens (tertiary/aromatic N) is 2. The molecular weight excluding hydrogens is 665 g/mol. The predicted octanol–water partition coefficient (Wildman–Crippen LogP) is 14.3. The van der Waals surface area contributed by atoms with Crippen molar-refractivity contribution in [3.8, 4) is 44.8 Å². The second kappa shape index (κ2) is 13.1. The highest BCUT2D eigenvalue weighted by Gasteiger charge is 2.21. The highest BCUT2D eigenvalue weighted by Crippen LogP contribution is 2.46. The van der Waals surface area contributed by atoms with Crippen LogP contribution in [0.25, 0.3) is 76.1 Å². The molecule has 53 heavy (non-hydrogen) atoms. The number of para-hydroxylation sites is 1. The van der Waals surface area contributed by atoms with Crippen molar-refractivity contribution < 1.29 is 4.42 Å². The third-order valence-corrected chi connectivity index (χ3v) is 11.1. The third kappa shape index (κ3) is 5.57. The molecule has 0 atom stereocenters. The molecular formula is C49H32N2OS. The molecule has 4 heteroatoms. The summed E-state index contributed by atoms with van der Waals surface area (Å²) in [5.41, 5.74) is 12.9. The van der Waals surface area contributed by atoms with Crippen molar-refractivity contribution in [2.24, 2.45) is 0 Å². The van der Waals surface area contributed by atoms with Gasteiger partial charge in [-0.15, -0.1) is 11.3 Å². The van der Waals surface area contributed by atoms with E-state index in [1.807, 2.05) is 41.7 Å². The van der Waals surface area contributed by atoms with Crippen molar-refractivity contribution in [1.29, 1.82) is 0 Å². The van der Waals surface area contributed by atoms with Gasteiger partial charge in [0, 0.05) is 48.2 Å². The van der Waals surface area contributed by atoms with Crippen LogP contribution in [-0.4, -0.2) is 4.98 Å². The van der Waals surface area contributed by atoms with Gasteiger partial charge >= 0.3 is 0 Å². The lowest BCUT2D eigenvalue weighted by Gasteiger charge is -2.28. The number of hydrogen-bond donors (Lipinski definition) is 0. The van der Waals surface area contributed by atoms with Crippen molar-refractivity contribution in [3.05, 3.63) is 194 Å². The maximum absolute atomic E-state index is 6.55. The lowest BCUT2D eigenvalue weighted by molar-refractivity contribution is 0.623. The Morgan fingerprint density at radius 1 is 0.453 bits per heavy atom. The van der Waals surface area contributed by atoms with E-state index < -0.39 is 0 Å². The van der Waals surface area contributed by atoms with Gasteiger partial charge in [0.15, 0.2) is 5.58 Å². The molecule has 0 aliphatic rings. The minimum Gasteiger partial charge on any atom is -0.435 e. The first kappa shape index (κ1) is 31.0. The molecule has 0 aliphatic carbocycles. The summed E-state index contributed by atoms with van der Waals surface area (Å²) < 4.78 is 8.98. The highest BCUT2D eigenvalue weighted by atomic mass is 32.1. The van der Waals surface area contributed by atoms with Crippen LogP contribution in [0.1, 0.15) is 0 Å². The standard InChI is InChI=1S/C49H32N2OS/c1-4-14-33(15-5-1)34-24-28-38(29-25-34)51(44-22-12-10-20-40(44)35-16-6-2-7-17-35)39-30-26-36(27-31-39)42-32-43-47(52-49(50-43)37-18-8-3-9-19-37)46-41-21-11-13-23-45(41)53-48(42)46/h1-32H. The van der Waals surface area contributed by atoms with Crippen molar-refractivity contribution in [2.75, 3.05) is 4.90 Å². The number of benzene rings is 8. The zero-order chi connectivity index (χ0) is 35.1. The van der Waals surface area contributed by atoms with Crippen LogP contribution < -0.4 is 4.90 Å². The Labute approximate surface area is 311 Å².